The molecule has 0 atom stereocenters. The van der Waals surface area contributed by atoms with E-state index in [9.17, 15) is 18.4 Å². The van der Waals surface area contributed by atoms with Crippen LogP contribution in [0.25, 0.3) is 0 Å². The fourth-order valence-electron chi connectivity index (χ4n) is 1.01. The maximum Gasteiger partial charge on any atom is 0.379 e. The van der Waals surface area contributed by atoms with E-state index in [0.717, 1.165) is 12.1 Å². The first-order valence-corrected chi connectivity index (χ1v) is 5.13. The molecule has 3 nitrogen and oxygen atoms in total. The largest absolute Gasteiger partial charge is 0.460 e. The molecule has 0 aliphatic heterocycles. The van der Waals surface area contributed by atoms with Crippen molar-refractivity contribution in [3.05, 3.63) is 33.8 Å². The third-order valence-electron chi connectivity index (χ3n) is 1.74. The van der Waals surface area contributed by atoms with Gasteiger partial charge in [0.25, 0.3) is 5.78 Å². The first-order valence-electron chi connectivity index (χ1n) is 4.34. The predicted molar refractivity (Wildman–Crippen MR) is 55.0 cm³/mol. The van der Waals surface area contributed by atoms with Gasteiger partial charge in [-0.15, -0.1) is 0 Å². The van der Waals surface area contributed by atoms with E-state index in [1.807, 2.05) is 0 Å². The van der Waals surface area contributed by atoms with Gasteiger partial charge in [-0.05, 0) is 35.0 Å². The van der Waals surface area contributed by atoms with Crippen molar-refractivity contribution in [3.63, 3.8) is 0 Å². The average molecular weight is 293 g/mol. The van der Waals surface area contributed by atoms with Gasteiger partial charge in [-0.3, -0.25) is 4.79 Å². The van der Waals surface area contributed by atoms with Crippen LogP contribution in [0, 0.1) is 11.6 Å². The van der Waals surface area contributed by atoms with E-state index in [4.69, 9.17) is 0 Å². The summed E-state index contributed by atoms with van der Waals surface area (Å²) in [7, 11) is 0. The second-order valence-electron chi connectivity index (χ2n) is 2.77. The second kappa shape index (κ2) is 5.16. The number of carbonyl (C=O) groups excluding carboxylic acids is 2. The number of halogens is 3. The van der Waals surface area contributed by atoms with Crippen LogP contribution in [-0.2, 0) is 9.53 Å². The minimum Gasteiger partial charge on any atom is -0.460 e. The zero-order valence-corrected chi connectivity index (χ0v) is 9.81. The second-order valence-corrected chi connectivity index (χ2v) is 3.57. The lowest BCUT2D eigenvalue weighted by atomic mass is 10.1. The topological polar surface area (TPSA) is 43.4 Å². The highest BCUT2D eigenvalue weighted by atomic mass is 79.9. The van der Waals surface area contributed by atoms with Gasteiger partial charge < -0.3 is 4.74 Å². The Hall–Kier alpha value is -1.30. The number of esters is 1. The summed E-state index contributed by atoms with van der Waals surface area (Å²) >= 11 is 2.63. The van der Waals surface area contributed by atoms with E-state index in [1.54, 1.807) is 0 Å². The molecule has 0 aliphatic rings. The minimum absolute atomic E-state index is 0.00849. The van der Waals surface area contributed by atoms with Crippen LogP contribution in [0.2, 0.25) is 0 Å². The van der Waals surface area contributed by atoms with Crippen molar-refractivity contribution in [2.45, 2.75) is 6.92 Å². The summed E-state index contributed by atoms with van der Waals surface area (Å²) in [6, 6.07) is 1.79. The standard InChI is InChI=1S/C10H7BrF2O3/c1-2-16-10(15)9(14)5-3-4-6(12)7(11)8(5)13/h3-4H,2H2,1H3. The highest BCUT2D eigenvalue weighted by molar-refractivity contribution is 9.10. The molecule has 0 spiro atoms. The molecule has 6 heteroatoms. The van der Waals surface area contributed by atoms with Crippen molar-refractivity contribution < 1.29 is 23.1 Å². The highest BCUT2D eigenvalue weighted by Crippen LogP contribution is 2.22. The maximum atomic E-state index is 13.4. The molecule has 0 fully saturated rings. The maximum absolute atomic E-state index is 13.4. The van der Waals surface area contributed by atoms with E-state index in [-0.39, 0.29) is 6.61 Å². The van der Waals surface area contributed by atoms with E-state index in [0.29, 0.717) is 0 Å². The molecule has 0 N–H and O–H groups in total. The molecule has 0 radical (unpaired) electrons. The third-order valence-corrected chi connectivity index (χ3v) is 2.47. The normalized spacial score (nSPS) is 10.0. The van der Waals surface area contributed by atoms with Crippen LogP contribution in [0.3, 0.4) is 0 Å². The molecule has 0 amide bonds. The van der Waals surface area contributed by atoms with Gasteiger partial charge in [-0.2, -0.15) is 0 Å². The number of benzene rings is 1. The first-order chi connectivity index (χ1) is 7.49. The van der Waals surface area contributed by atoms with Gasteiger partial charge in [-0.25, -0.2) is 13.6 Å². The number of hydrogen-bond donors (Lipinski definition) is 0. The number of ketones is 1. The Kier molecular flexibility index (Phi) is 4.12. The zero-order valence-electron chi connectivity index (χ0n) is 8.22. The number of carbonyl (C=O) groups is 2. The zero-order chi connectivity index (χ0) is 12.3. The van der Waals surface area contributed by atoms with Crippen LogP contribution in [0.5, 0.6) is 0 Å². The lowest BCUT2D eigenvalue weighted by molar-refractivity contribution is -0.137. The van der Waals surface area contributed by atoms with Gasteiger partial charge in [0.05, 0.1) is 16.6 Å². The van der Waals surface area contributed by atoms with Crippen LogP contribution in [0.4, 0.5) is 8.78 Å². The lowest BCUT2D eigenvalue weighted by Gasteiger charge is -2.04. The fourth-order valence-corrected chi connectivity index (χ4v) is 1.35. The molecule has 0 heterocycles. The molecule has 0 bridgehead atoms. The van der Waals surface area contributed by atoms with E-state index in [2.05, 4.69) is 20.7 Å². The van der Waals surface area contributed by atoms with Crippen molar-refractivity contribution >= 4 is 27.7 Å². The summed E-state index contributed by atoms with van der Waals surface area (Å²) in [5.41, 5.74) is -0.522. The lowest BCUT2D eigenvalue weighted by Crippen LogP contribution is -2.19. The Bertz CT molecular complexity index is 446. The Morgan fingerprint density at radius 2 is 2.00 bits per heavy atom. The van der Waals surface area contributed by atoms with Gasteiger partial charge in [-0.1, -0.05) is 0 Å². The van der Waals surface area contributed by atoms with E-state index in [1.165, 1.54) is 6.92 Å². The Balaban J connectivity index is 3.10. The SMILES string of the molecule is CCOC(=O)C(=O)c1ccc(F)c(Br)c1F. The van der Waals surface area contributed by atoms with Crippen molar-refractivity contribution in [1.82, 2.24) is 0 Å². The van der Waals surface area contributed by atoms with Gasteiger partial charge in [0, 0.05) is 0 Å². The molecule has 0 saturated heterocycles. The summed E-state index contributed by atoms with van der Waals surface area (Å²) in [6.45, 7) is 1.52. The number of ether oxygens (including phenoxy) is 1. The van der Waals surface area contributed by atoms with Gasteiger partial charge >= 0.3 is 5.97 Å². The van der Waals surface area contributed by atoms with Crippen molar-refractivity contribution in [1.29, 1.82) is 0 Å². The van der Waals surface area contributed by atoms with Crippen LogP contribution >= 0.6 is 15.9 Å². The molecule has 0 unspecified atom stereocenters. The Morgan fingerprint density at radius 1 is 1.38 bits per heavy atom. The Morgan fingerprint density at radius 3 is 2.56 bits per heavy atom. The van der Waals surface area contributed by atoms with Crippen molar-refractivity contribution in [2.75, 3.05) is 6.61 Å². The van der Waals surface area contributed by atoms with Gasteiger partial charge in [0.1, 0.15) is 5.82 Å². The van der Waals surface area contributed by atoms with E-state index < -0.39 is 33.4 Å². The minimum atomic E-state index is -1.17. The predicted octanol–water partition coefficient (Wildman–Crippen LogP) is 2.47. The number of rotatable bonds is 3. The smallest absolute Gasteiger partial charge is 0.379 e. The van der Waals surface area contributed by atoms with E-state index >= 15 is 0 Å². The number of hydrogen-bond acceptors (Lipinski definition) is 3. The van der Waals surface area contributed by atoms with Crippen LogP contribution < -0.4 is 0 Å². The summed E-state index contributed by atoms with van der Waals surface area (Å²) in [4.78, 5) is 22.4. The molecule has 1 rings (SSSR count). The number of Topliss-reactive ketones (excluding diaryl/α,β-unsaturated/α-hetero) is 1. The molecular formula is C10H7BrF2O3. The summed E-state index contributed by atoms with van der Waals surface area (Å²) in [5.74, 6) is -4.27. The highest BCUT2D eigenvalue weighted by Gasteiger charge is 2.23. The third kappa shape index (κ3) is 2.44. The van der Waals surface area contributed by atoms with Crippen molar-refractivity contribution in [2.24, 2.45) is 0 Å². The van der Waals surface area contributed by atoms with Crippen LogP contribution in [-0.4, -0.2) is 18.4 Å². The van der Waals surface area contributed by atoms with Crippen LogP contribution in [0.15, 0.2) is 16.6 Å². The molecule has 0 saturated carbocycles. The van der Waals surface area contributed by atoms with Crippen LogP contribution in [0.1, 0.15) is 17.3 Å². The Labute approximate surface area is 98.5 Å². The fraction of sp³-hybridized carbons (Fsp3) is 0.200. The van der Waals surface area contributed by atoms with Crippen molar-refractivity contribution in [3.8, 4) is 0 Å². The molecule has 0 aliphatic carbocycles. The molecule has 1 aromatic carbocycles. The van der Waals surface area contributed by atoms with Gasteiger partial charge in [0.15, 0.2) is 5.82 Å². The summed E-state index contributed by atoms with van der Waals surface area (Å²) in [6.07, 6.45) is 0. The monoisotopic (exact) mass is 292 g/mol. The molecule has 16 heavy (non-hydrogen) atoms. The quantitative estimate of drug-likeness (QED) is 0.372. The molecular weight excluding hydrogens is 286 g/mol. The van der Waals surface area contributed by atoms with Gasteiger partial charge in [0.2, 0.25) is 0 Å². The molecule has 86 valence electrons. The first kappa shape index (κ1) is 12.8. The average Bonchev–Trinajstić information content (AvgIpc) is 2.26. The summed E-state index contributed by atoms with van der Waals surface area (Å²) in [5, 5.41) is 0. The molecule has 1 aromatic rings. The molecule has 0 aromatic heterocycles. The summed E-state index contributed by atoms with van der Waals surface area (Å²) < 4.78 is 30.2.